The van der Waals surface area contributed by atoms with Crippen LogP contribution in [-0.4, -0.2) is 14.5 Å². The summed E-state index contributed by atoms with van der Waals surface area (Å²) in [5.74, 6) is 0.601. The molecule has 0 aliphatic heterocycles. The Kier molecular flexibility index (Phi) is 8.22. The summed E-state index contributed by atoms with van der Waals surface area (Å²) in [6.45, 7) is 15.7. The maximum absolute atomic E-state index is 10.1. The topological polar surface area (TPSA) is 63.2 Å². The second-order valence-electron chi connectivity index (χ2n) is 13.1. The summed E-state index contributed by atoms with van der Waals surface area (Å²) in [6, 6.07) is 58.1. The third-order valence-electron chi connectivity index (χ3n) is 9.83. The lowest BCUT2D eigenvalue weighted by atomic mass is 9.91. The van der Waals surface area contributed by atoms with Crippen molar-refractivity contribution in [1.29, 1.82) is 5.26 Å². The number of fused-ring (bicyclic) bond motifs is 3. The second kappa shape index (κ2) is 13.8. The number of aromatic nitrogens is 3. The van der Waals surface area contributed by atoms with Gasteiger partial charge < -0.3 is 4.57 Å². The molecular formula is C49H28N6. The van der Waals surface area contributed by atoms with Crippen molar-refractivity contribution < 1.29 is 0 Å². The Morgan fingerprint density at radius 2 is 1.05 bits per heavy atom. The lowest BCUT2D eigenvalue weighted by Crippen LogP contribution is -2.03. The first-order valence-electron chi connectivity index (χ1n) is 17.7. The Labute approximate surface area is 318 Å². The van der Waals surface area contributed by atoms with Gasteiger partial charge in [0.25, 0.3) is 0 Å². The Hall–Kier alpha value is -8.11. The zero-order valence-corrected chi connectivity index (χ0v) is 29.3. The highest BCUT2D eigenvalue weighted by Gasteiger charge is 2.23. The predicted octanol–water partition coefficient (Wildman–Crippen LogP) is 12.9. The highest BCUT2D eigenvalue weighted by Crippen LogP contribution is 2.45. The van der Waals surface area contributed by atoms with E-state index in [2.05, 4.69) is 44.6 Å². The summed E-state index contributed by atoms with van der Waals surface area (Å²) in [5.41, 5.74) is 12.1. The monoisotopic (exact) mass is 700 g/mol. The first-order valence-corrected chi connectivity index (χ1v) is 17.7. The van der Waals surface area contributed by atoms with Crippen molar-refractivity contribution in [3.8, 4) is 67.9 Å². The standard InChI is InChI=1S/C49H28N6/c1-51-38-20-12-19-36(26-38)42-28-37(45-30-44(33-14-5-3-6-15-33)53-49(54-45)34-16-7-4-8-17-34)27-41(35-18-11-13-32(25-35)31-50)48(42)55-46-22-10-9-21-40(46)43-29-39(52-2)23-24-47(43)55/h3-30H. The Balaban J connectivity index is 1.44. The minimum atomic E-state index is 0.519. The van der Waals surface area contributed by atoms with Gasteiger partial charge in [0.2, 0.25) is 0 Å². The van der Waals surface area contributed by atoms with Crippen molar-refractivity contribution in [2.24, 2.45) is 0 Å². The molecule has 0 fully saturated rings. The molecule has 9 aromatic rings. The van der Waals surface area contributed by atoms with E-state index < -0.39 is 0 Å². The highest BCUT2D eigenvalue weighted by molar-refractivity contribution is 6.12. The van der Waals surface area contributed by atoms with E-state index in [0.29, 0.717) is 22.8 Å². The maximum Gasteiger partial charge on any atom is 0.188 e. The summed E-state index contributed by atoms with van der Waals surface area (Å²) in [4.78, 5) is 17.8. The van der Waals surface area contributed by atoms with Gasteiger partial charge in [0, 0.05) is 33.2 Å². The van der Waals surface area contributed by atoms with E-state index in [1.807, 2.05) is 146 Å². The molecule has 0 N–H and O–H groups in total. The number of para-hydroxylation sites is 1. The number of hydrogen-bond donors (Lipinski definition) is 0. The van der Waals surface area contributed by atoms with E-state index in [4.69, 9.17) is 23.1 Å². The van der Waals surface area contributed by atoms with Crippen molar-refractivity contribution in [3.05, 3.63) is 198 Å². The predicted molar refractivity (Wildman–Crippen MR) is 221 cm³/mol. The van der Waals surface area contributed by atoms with Gasteiger partial charge in [-0.3, -0.25) is 0 Å². The largest absolute Gasteiger partial charge is 0.308 e. The second-order valence-corrected chi connectivity index (χ2v) is 13.1. The van der Waals surface area contributed by atoms with E-state index in [1.165, 1.54) is 0 Å². The summed E-state index contributed by atoms with van der Waals surface area (Å²) < 4.78 is 2.25. The normalized spacial score (nSPS) is 10.9. The number of nitrogens with zero attached hydrogens (tertiary/aromatic N) is 6. The zero-order chi connectivity index (χ0) is 37.3. The van der Waals surface area contributed by atoms with Gasteiger partial charge in [-0.2, -0.15) is 5.26 Å². The minimum Gasteiger partial charge on any atom is -0.308 e. The van der Waals surface area contributed by atoms with Crippen LogP contribution in [0.15, 0.2) is 170 Å². The molecule has 7 aromatic carbocycles. The molecule has 2 aromatic heterocycles. The first-order chi connectivity index (χ1) is 27.1. The number of benzene rings is 7. The zero-order valence-electron chi connectivity index (χ0n) is 29.3. The molecule has 254 valence electrons. The Bertz CT molecular complexity index is 2930. The first kappa shape index (κ1) is 32.8. The van der Waals surface area contributed by atoms with Crippen LogP contribution in [0.5, 0.6) is 0 Å². The molecule has 0 saturated heterocycles. The average Bonchev–Trinajstić information content (AvgIpc) is 3.59. The van der Waals surface area contributed by atoms with Gasteiger partial charge in [0.15, 0.2) is 17.2 Å². The van der Waals surface area contributed by atoms with Crippen LogP contribution < -0.4 is 0 Å². The molecule has 0 aliphatic carbocycles. The Morgan fingerprint density at radius 1 is 0.473 bits per heavy atom. The van der Waals surface area contributed by atoms with E-state index in [0.717, 1.165) is 77.8 Å². The summed E-state index contributed by atoms with van der Waals surface area (Å²) in [5, 5.41) is 12.0. The van der Waals surface area contributed by atoms with Crippen molar-refractivity contribution in [2.45, 2.75) is 0 Å². The third kappa shape index (κ3) is 5.95. The molecule has 0 spiro atoms. The average molecular weight is 701 g/mol. The van der Waals surface area contributed by atoms with Gasteiger partial charge in [-0.15, -0.1) is 0 Å². The molecule has 0 saturated carbocycles. The smallest absolute Gasteiger partial charge is 0.188 e. The van der Waals surface area contributed by atoms with Crippen LogP contribution in [-0.2, 0) is 0 Å². The van der Waals surface area contributed by atoms with Crippen LogP contribution >= 0.6 is 0 Å². The highest BCUT2D eigenvalue weighted by atomic mass is 15.0. The molecule has 9 rings (SSSR count). The van der Waals surface area contributed by atoms with Gasteiger partial charge in [-0.25, -0.2) is 19.7 Å². The van der Waals surface area contributed by atoms with Gasteiger partial charge in [0.1, 0.15) is 0 Å². The summed E-state index contributed by atoms with van der Waals surface area (Å²) >= 11 is 0. The minimum absolute atomic E-state index is 0.519. The van der Waals surface area contributed by atoms with Crippen LogP contribution in [0.4, 0.5) is 11.4 Å². The summed E-state index contributed by atoms with van der Waals surface area (Å²) in [7, 11) is 0. The quantitative estimate of drug-likeness (QED) is 0.162. The fraction of sp³-hybridized carbons (Fsp3) is 0. The molecular weight excluding hydrogens is 673 g/mol. The van der Waals surface area contributed by atoms with Crippen LogP contribution in [0.1, 0.15) is 5.56 Å². The molecule has 0 amide bonds. The van der Waals surface area contributed by atoms with Gasteiger partial charge >= 0.3 is 0 Å². The molecule has 0 unspecified atom stereocenters. The third-order valence-corrected chi connectivity index (χ3v) is 9.83. The van der Waals surface area contributed by atoms with E-state index in [-0.39, 0.29) is 0 Å². The van der Waals surface area contributed by atoms with E-state index in [9.17, 15) is 5.26 Å². The van der Waals surface area contributed by atoms with Crippen molar-refractivity contribution >= 4 is 33.2 Å². The van der Waals surface area contributed by atoms with Crippen molar-refractivity contribution in [3.63, 3.8) is 0 Å². The van der Waals surface area contributed by atoms with Crippen LogP contribution in [0, 0.1) is 24.5 Å². The van der Waals surface area contributed by atoms with Crippen molar-refractivity contribution in [1.82, 2.24) is 14.5 Å². The fourth-order valence-corrected chi connectivity index (χ4v) is 7.30. The van der Waals surface area contributed by atoms with Crippen molar-refractivity contribution in [2.75, 3.05) is 0 Å². The molecule has 2 heterocycles. The fourth-order valence-electron chi connectivity index (χ4n) is 7.30. The summed E-state index contributed by atoms with van der Waals surface area (Å²) in [6.07, 6.45) is 0. The van der Waals surface area contributed by atoms with E-state index >= 15 is 0 Å². The lowest BCUT2D eigenvalue weighted by molar-refractivity contribution is 1.17. The maximum atomic E-state index is 10.1. The molecule has 55 heavy (non-hydrogen) atoms. The van der Waals surface area contributed by atoms with Crippen LogP contribution in [0.3, 0.4) is 0 Å². The van der Waals surface area contributed by atoms with Crippen LogP contribution in [0.25, 0.3) is 93.3 Å². The Morgan fingerprint density at radius 3 is 1.76 bits per heavy atom. The molecule has 0 bridgehead atoms. The number of nitriles is 1. The number of rotatable bonds is 6. The molecule has 0 aliphatic rings. The van der Waals surface area contributed by atoms with Gasteiger partial charge in [0.05, 0.1) is 52.9 Å². The van der Waals surface area contributed by atoms with Gasteiger partial charge in [-0.05, 0) is 71.1 Å². The molecule has 0 radical (unpaired) electrons. The molecule has 6 heteroatoms. The van der Waals surface area contributed by atoms with E-state index in [1.54, 1.807) is 0 Å². The SMILES string of the molecule is [C-]#[N+]c1cccc(-c2cc(-c3cc(-c4ccccc4)nc(-c4ccccc4)n3)cc(-c3cccc(C#N)c3)c2-n2c3ccccc3c3cc([N+]#[C-])ccc32)c1. The lowest BCUT2D eigenvalue weighted by Gasteiger charge is -2.21. The molecule has 0 atom stereocenters. The number of hydrogen-bond acceptors (Lipinski definition) is 3. The van der Waals surface area contributed by atoms with Gasteiger partial charge in [-0.1, -0.05) is 115 Å². The van der Waals surface area contributed by atoms with Crippen LogP contribution in [0.2, 0.25) is 0 Å². The molecule has 6 nitrogen and oxygen atoms in total.